The maximum atomic E-state index is 12.4. The Hall–Kier alpha value is -1.79. The van der Waals surface area contributed by atoms with Gasteiger partial charge >= 0.3 is 12.0 Å². The number of rotatable bonds is 2. The fraction of sp³-hybridized carbons (Fsp3) is 0.769. The summed E-state index contributed by atoms with van der Waals surface area (Å²) in [7, 11) is 0. The third-order valence-electron chi connectivity index (χ3n) is 4.16. The van der Waals surface area contributed by atoms with Crippen LogP contribution in [0.15, 0.2) is 0 Å². The Bertz CT molecular complexity index is 376. The summed E-state index contributed by atoms with van der Waals surface area (Å²) < 4.78 is 0. The molecule has 7 nitrogen and oxygen atoms in total. The summed E-state index contributed by atoms with van der Waals surface area (Å²) in [6, 6.07) is -0.496. The van der Waals surface area contributed by atoms with Gasteiger partial charge in [0.15, 0.2) is 0 Å². The number of primary amides is 1. The first-order valence-corrected chi connectivity index (χ1v) is 7.05. The van der Waals surface area contributed by atoms with Gasteiger partial charge in [0.1, 0.15) is 0 Å². The van der Waals surface area contributed by atoms with E-state index in [1.54, 1.807) is 4.90 Å². The minimum atomic E-state index is -0.843. The zero-order valence-corrected chi connectivity index (χ0v) is 11.5. The van der Waals surface area contributed by atoms with Crippen molar-refractivity contribution in [2.45, 2.75) is 25.7 Å². The maximum Gasteiger partial charge on any atom is 0.314 e. The Kier molecular flexibility index (Phi) is 4.46. The topological polar surface area (TPSA) is 104 Å². The first kappa shape index (κ1) is 14.6. The van der Waals surface area contributed by atoms with E-state index in [9.17, 15) is 14.4 Å². The van der Waals surface area contributed by atoms with Crippen LogP contribution in [0.25, 0.3) is 0 Å². The van der Waals surface area contributed by atoms with Crippen LogP contribution in [0.3, 0.4) is 0 Å². The van der Waals surface area contributed by atoms with E-state index in [4.69, 9.17) is 10.8 Å². The monoisotopic (exact) mass is 283 g/mol. The van der Waals surface area contributed by atoms with Gasteiger partial charge in [-0.25, -0.2) is 4.79 Å². The Morgan fingerprint density at radius 2 is 1.50 bits per heavy atom. The Morgan fingerprint density at radius 1 is 0.950 bits per heavy atom. The predicted molar refractivity (Wildman–Crippen MR) is 70.8 cm³/mol. The number of aliphatic carboxylic acids is 1. The summed E-state index contributed by atoms with van der Waals surface area (Å²) in [5.41, 5.74) is 5.25. The van der Waals surface area contributed by atoms with E-state index in [-0.39, 0.29) is 18.4 Å². The number of carboxylic acids is 1. The van der Waals surface area contributed by atoms with Crippen LogP contribution >= 0.6 is 0 Å². The fourth-order valence-corrected chi connectivity index (χ4v) is 3.02. The van der Waals surface area contributed by atoms with Crippen LogP contribution in [0.1, 0.15) is 25.7 Å². The van der Waals surface area contributed by atoms with Crippen molar-refractivity contribution in [3.05, 3.63) is 0 Å². The highest BCUT2D eigenvalue weighted by Gasteiger charge is 2.34. The molecule has 2 heterocycles. The summed E-state index contributed by atoms with van der Waals surface area (Å²) >= 11 is 0. The average Bonchev–Trinajstić information content (AvgIpc) is 2.46. The molecule has 112 valence electrons. The van der Waals surface area contributed by atoms with Gasteiger partial charge < -0.3 is 20.6 Å². The highest BCUT2D eigenvalue weighted by Crippen LogP contribution is 2.23. The molecule has 0 radical (unpaired) electrons. The third-order valence-corrected chi connectivity index (χ3v) is 4.16. The molecule has 2 fully saturated rings. The molecule has 2 rings (SSSR count). The summed E-state index contributed by atoms with van der Waals surface area (Å²) in [5.74, 6) is -1.60. The van der Waals surface area contributed by atoms with Crippen molar-refractivity contribution >= 4 is 17.9 Å². The number of carbonyl (C=O) groups excluding carboxylic acids is 2. The molecule has 0 aromatic heterocycles. The molecule has 2 atom stereocenters. The molecule has 1 unspecified atom stereocenters. The van der Waals surface area contributed by atoms with Crippen LogP contribution in [0, 0.1) is 11.8 Å². The van der Waals surface area contributed by atoms with Crippen LogP contribution < -0.4 is 5.73 Å². The molecule has 0 aliphatic carbocycles. The number of hydrogen-bond donors (Lipinski definition) is 2. The molecular formula is C13H21N3O4. The standard InChI is InChI=1S/C13H21N3O4/c14-13(20)16-6-1-3-9(7-16)11(17)15-5-2-4-10(8-15)12(18)19/h9-10H,1-8H2,(H2,14,20)(H,18,19)/t9?,10-/m0/s1. The summed E-state index contributed by atoms with van der Waals surface area (Å²) in [5, 5.41) is 9.06. The van der Waals surface area contributed by atoms with Crippen molar-refractivity contribution < 1.29 is 19.5 Å². The highest BCUT2D eigenvalue weighted by molar-refractivity contribution is 5.81. The lowest BCUT2D eigenvalue weighted by Gasteiger charge is -2.37. The second kappa shape index (κ2) is 6.11. The molecule has 0 saturated carbocycles. The number of carbonyl (C=O) groups is 3. The van der Waals surface area contributed by atoms with Gasteiger partial charge in [-0.3, -0.25) is 9.59 Å². The first-order chi connectivity index (χ1) is 9.49. The number of urea groups is 1. The van der Waals surface area contributed by atoms with Crippen LogP contribution in [0.2, 0.25) is 0 Å². The van der Waals surface area contributed by atoms with Crippen LogP contribution in [-0.2, 0) is 9.59 Å². The van der Waals surface area contributed by atoms with E-state index in [2.05, 4.69) is 0 Å². The number of nitrogens with zero attached hydrogens (tertiary/aromatic N) is 2. The number of amides is 3. The van der Waals surface area contributed by atoms with Crippen molar-refractivity contribution in [3.8, 4) is 0 Å². The Balaban J connectivity index is 1.96. The highest BCUT2D eigenvalue weighted by atomic mass is 16.4. The van der Waals surface area contributed by atoms with E-state index in [0.29, 0.717) is 26.1 Å². The normalized spacial score (nSPS) is 27.2. The Labute approximate surface area is 117 Å². The fourth-order valence-electron chi connectivity index (χ4n) is 3.02. The molecule has 7 heteroatoms. The number of carboxylic acid groups (broad SMARTS) is 1. The lowest BCUT2D eigenvalue weighted by Crippen LogP contribution is -2.50. The van der Waals surface area contributed by atoms with Gasteiger partial charge in [-0.1, -0.05) is 0 Å². The summed E-state index contributed by atoms with van der Waals surface area (Å²) in [4.78, 5) is 37.8. The molecule has 0 bridgehead atoms. The number of hydrogen-bond acceptors (Lipinski definition) is 3. The molecule has 2 aliphatic rings. The van der Waals surface area contributed by atoms with Crippen LogP contribution in [0.4, 0.5) is 4.79 Å². The Morgan fingerprint density at radius 3 is 2.10 bits per heavy atom. The van der Waals surface area contributed by atoms with Crippen molar-refractivity contribution in [2.75, 3.05) is 26.2 Å². The van der Waals surface area contributed by atoms with Gasteiger partial charge in [-0.15, -0.1) is 0 Å². The molecule has 2 aliphatic heterocycles. The second-order valence-electron chi connectivity index (χ2n) is 5.59. The van der Waals surface area contributed by atoms with E-state index in [1.165, 1.54) is 4.90 Å². The molecule has 20 heavy (non-hydrogen) atoms. The zero-order chi connectivity index (χ0) is 14.7. The number of piperidine rings is 2. The van der Waals surface area contributed by atoms with Crippen molar-refractivity contribution in [2.24, 2.45) is 17.6 Å². The van der Waals surface area contributed by atoms with E-state index in [1.807, 2.05) is 0 Å². The van der Waals surface area contributed by atoms with E-state index < -0.39 is 17.9 Å². The van der Waals surface area contributed by atoms with Crippen molar-refractivity contribution in [3.63, 3.8) is 0 Å². The van der Waals surface area contributed by atoms with Crippen molar-refractivity contribution in [1.29, 1.82) is 0 Å². The molecule has 0 spiro atoms. The second-order valence-corrected chi connectivity index (χ2v) is 5.59. The predicted octanol–water partition coefficient (Wildman–Crippen LogP) is 0.100. The van der Waals surface area contributed by atoms with Gasteiger partial charge in [-0.2, -0.15) is 0 Å². The number of likely N-dealkylation sites (tertiary alicyclic amines) is 2. The molecule has 3 amide bonds. The molecule has 0 aromatic rings. The van der Waals surface area contributed by atoms with Gasteiger partial charge in [0.2, 0.25) is 5.91 Å². The van der Waals surface area contributed by atoms with Crippen LogP contribution in [-0.4, -0.2) is 59.0 Å². The van der Waals surface area contributed by atoms with E-state index >= 15 is 0 Å². The minimum Gasteiger partial charge on any atom is -0.481 e. The van der Waals surface area contributed by atoms with Crippen molar-refractivity contribution in [1.82, 2.24) is 9.80 Å². The summed E-state index contributed by atoms with van der Waals surface area (Å²) in [6.45, 7) is 1.83. The summed E-state index contributed by atoms with van der Waals surface area (Å²) in [6.07, 6.45) is 2.83. The minimum absolute atomic E-state index is 0.0399. The average molecular weight is 283 g/mol. The van der Waals surface area contributed by atoms with Gasteiger partial charge in [0.05, 0.1) is 11.8 Å². The number of nitrogens with two attached hydrogens (primary N) is 1. The van der Waals surface area contributed by atoms with Crippen LogP contribution in [0.5, 0.6) is 0 Å². The van der Waals surface area contributed by atoms with Gasteiger partial charge in [-0.05, 0) is 25.7 Å². The SMILES string of the molecule is NC(=O)N1CCCC(C(=O)N2CCC[C@H](C(=O)O)C2)C1. The maximum absolute atomic E-state index is 12.4. The lowest BCUT2D eigenvalue weighted by atomic mass is 9.93. The lowest BCUT2D eigenvalue weighted by molar-refractivity contribution is -0.147. The van der Waals surface area contributed by atoms with E-state index in [0.717, 1.165) is 19.3 Å². The first-order valence-electron chi connectivity index (χ1n) is 7.05. The van der Waals surface area contributed by atoms with Gasteiger partial charge in [0, 0.05) is 26.2 Å². The molecule has 2 saturated heterocycles. The third kappa shape index (κ3) is 3.20. The quantitative estimate of drug-likeness (QED) is 0.750. The zero-order valence-electron chi connectivity index (χ0n) is 11.5. The molecule has 3 N–H and O–H groups in total. The smallest absolute Gasteiger partial charge is 0.314 e. The van der Waals surface area contributed by atoms with Gasteiger partial charge in [0.25, 0.3) is 0 Å². The largest absolute Gasteiger partial charge is 0.481 e. The molecular weight excluding hydrogens is 262 g/mol. The molecule has 0 aromatic carbocycles.